The SMILES string of the molecule is O=C(CCN1c2ccccc2Sc2ccccc21)OCc1ccc(F)cc1. The number of hydrogen-bond acceptors (Lipinski definition) is 4. The summed E-state index contributed by atoms with van der Waals surface area (Å²) in [6.45, 7) is 0.693. The van der Waals surface area contributed by atoms with Gasteiger partial charge in [0.1, 0.15) is 12.4 Å². The molecule has 3 aromatic rings. The Hall–Kier alpha value is -2.79. The minimum absolute atomic E-state index is 0.155. The van der Waals surface area contributed by atoms with Gasteiger partial charge in [0.05, 0.1) is 17.8 Å². The van der Waals surface area contributed by atoms with Crippen LogP contribution in [0.4, 0.5) is 15.8 Å². The quantitative estimate of drug-likeness (QED) is 0.543. The predicted octanol–water partition coefficient (Wildman–Crippen LogP) is 5.56. The lowest BCUT2D eigenvalue weighted by Crippen LogP contribution is -2.24. The maximum atomic E-state index is 12.9. The van der Waals surface area contributed by atoms with Gasteiger partial charge in [-0.15, -0.1) is 0 Å². The molecule has 5 heteroatoms. The Labute approximate surface area is 161 Å². The van der Waals surface area contributed by atoms with Gasteiger partial charge in [-0.25, -0.2) is 4.39 Å². The smallest absolute Gasteiger partial charge is 0.307 e. The van der Waals surface area contributed by atoms with Crippen LogP contribution in [0.1, 0.15) is 12.0 Å². The summed E-state index contributed by atoms with van der Waals surface area (Å²) in [5.74, 6) is -0.571. The van der Waals surface area contributed by atoms with Crippen molar-refractivity contribution in [3.8, 4) is 0 Å². The van der Waals surface area contributed by atoms with Crippen molar-refractivity contribution in [3.63, 3.8) is 0 Å². The third-order valence-electron chi connectivity index (χ3n) is 4.38. The number of nitrogens with zero attached hydrogens (tertiary/aromatic N) is 1. The normalized spacial score (nSPS) is 12.3. The second-order valence-electron chi connectivity index (χ2n) is 6.23. The summed E-state index contributed by atoms with van der Waals surface area (Å²) in [5.41, 5.74) is 2.98. The molecule has 0 spiro atoms. The number of benzene rings is 3. The van der Waals surface area contributed by atoms with Gasteiger partial charge in [-0.3, -0.25) is 4.79 Å². The first-order valence-electron chi connectivity index (χ1n) is 8.74. The van der Waals surface area contributed by atoms with Crippen molar-refractivity contribution < 1.29 is 13.9 Å². The van der Waals surface area contributed by atoms with Crippen LogP contribution in [0.3, 0.4) is 0 Å². The molecule has 27 heavy (non-hydrogen) atoms. The second kappa shape index (κ2) is 7.84. The van der Waals surface area contributed by atoms with E-state index in [1.807, 2.05) is 24.3 Å². The standard InChI is InChI=1S/C22H18FNO2S/c23-17-11-9-16(10-12-17)15-26-22(25)13-14-24-18-5-1-3-7-20(18)27-21-8-4-2-6-19(21)24/h1-12H,13-15H2. The van der Waals surface area contributed by atoms with Crippen molar-refractivity contribution in [2.45, 2.75) is 22.8 Å². The first-order valence-corrected chi connectivity index (χ1v) is 9.56. The van der Waals surface area contributed by atoms with Crippen LogP contribution in [0.5, 0.6) is 0 Å². The van der Waals surface area contributed by atoms with Crippen LogP contribution in [-0.4, -0.2) is 12.5 Å². The summed E-state index contributed by atoms with van der Waals surface area (Å²) in [7, 11) is 0. The average Bonchev–Trinajstić information content (AvgIpc) is 2.70. The fourth-order valence-electron chi connectivity index (χ4n) is 3.04. The zero-order valence-electron chi connectivity index (χ0n) is 14.6. The molecular formula is C22H18FNO2S. The van der Waals surface area contributed by atoms with Crippen molar-refractivity contribution in [2.24, 2.45) is 0 Å². The number of carbonyl (C=O) groups excluding carboxylic acids is 1. The van der Waals surface area contributed by atoms with Crippen molar-refractivity contribution >= 4 is 29.1 Å². The largest absolute Gasteiger partial charge is 0.461 e. The van der Waals surface area contributed by atoms with Crippen LogP contribution in [0, 0.1) is 5.82 Å². The second-order valence-corrected chi connectivity index (χ2v) is 7.31. The average molecular weight is 379 g/mol. The van der Waals surface area contributed by atoms with Gasteiger partial charge >= 0.3 is 5.97 Å². The van der Waals surface area contributed by atoms with Crippen LogP contribution >= 0.6 is 11.8 Å². The molecule has 3 aromatic carbocycles. The Bertz CT molecular complexity index is 913. The third-order valence-corrected chi connectivity index (χ3v) is 5.51. The summed E-state index contributed by atoms with van der Waals surface area (Å²) in [4.78, 5) is 16.7. The lowest BCUT2D eigenvalue weighted by molar-refractivity contribution is -0.144. The molecule has 3 nitrogen and oxygen atoms in total. The van der Waals surface area contributed by atoms with E-state index in [2.05, 4.69) is 29.2 Å². The lowest BCUT2D eigenvalue weighted by Gasteiger charge is -2.32. The predicted molar refractivity (Wildman–Crippen MR) is 105 cm³/mol. The molecule has 0 saturated heterocycles. The zero-order valence-corrected chi connectivity index (χ0v) is 15.4. The minimum Gasteiger partial charge on any atom is -0.461 e. The zero-order chi connectivity index (χ0) is 18.6. The highest BCUT2D eigenvalue weighted by Gasteiger charge is 2.23. The molecule has 0 bridgehead atoms. The van der Waals surface area contributed by atoms with E-state index < -0.39 is 0 Å². The molecule has 1 aliphatic rings. The van der Waals surface area contributed by atoms with E-state index in [1.165, 1.54) is 21.9 Å². The molecule has 0 amide bonds. The molecule has 0 N–H and O–H groups in total. The highest BCUT2D eigenvalue weighted by molar-refractivity contribution is 7.99. The maximum absolute atomic E-state index is 12.9. The Morgan fingerprint density at radius 2 is 1.48 bits per heavy atom. The van der Waals surface area contributed by atoms with Crippen molar-refractivity contribution in [1.29, 1.82) is 0 Å². The van der Waals surface area contributed by atoms with E-state index in [0.29, 0.717) is 6.54 Å². The summed E-state index contributed by atoms with van der Waals surface area (Å²) in [6, 6.07) is 22.4. The minimum atomic E-state index is -0.301. The molecule has 4 rings (SSSR count). The van der Waals surface area contributed by atoms with Gasteiger partial charge < -0.3 is 9.64 Å². The summed E-state index contributed by atoms with van der Waals surface area (Å²) < 4.78 is 18.3. The molecule has 0 atom stereocenters. The Morgan fingerprint density at radius 1 is 0.889 bits per heavy atom. The monoisotopic (exact) mass is 379 g/mol. The third kappa shape index (κ3) is 3.98. The fraction of sp³-hybridized carbons (Fsp3) is 0.136. The molecule has 0 fully saturated rings. The highest BCUT2D eigenvalue weighted by Crippen LogP contribution is 2.47. The van der Waals surface area contributed by atoms with Crippen LogP contribution < -0.4 is 4.90 Å². The van der Waals surface area contributed by atoms with E-state index in [0.717, 1.165) is 16.9 Å². The van der Waals surface area contributed by atoms with E-state index in [-0.39, 0.29) is 24.8 Å². The number of hydrogen-bond donors (Lipinski definition) is 0. The van der Waals surface area contributed by atoms with Crippen LogP contribution in [0.15, 0.2) is 82.6 Å². The number of esters is 1. The molecule has 1 aliphatic heterocycles. The molecule has 0 aromatic heterocycles. The van der Waals surface area contributed by atoms with Gasteiger partial charge in [-0.2, -0.15) is 0 Å². The first-order chi connectivity index (χ1) is 13.2. The number of carbonyl (C=O) groups is 1. The van der Waals surface area contributed by atoms with Gasteiger partial charge in [-0.05, 0) is 42.0 Å². The summed E-state index contributed by atoms with van der Waals surface area (Å²) >= 11 is 1.74. The van der Waals surface area contributed by atoms with E-state index in [4.69, 9.17) is 4.74 Å². The number of halogens is 1. The van der Waals surface area contributed by atoms with Crippen LogP contribution in [0.2, 0.25) is 0 Å². The Balaban J connectivity index is 1.43. The van der Waals surface area contributed by atoms with Gasteiger partial charge in [0.15, 0.2) is 0 Å². The number of ether oxygens (including phenoxy) is 1. The van der Waals surface area contributed by atoms with Gasteiger partial charge in [0.2, 0.25) is 0 Å². The number of rotatable bonds is 5. The highest BCUT2D eigenvalue weighted by atomic mass is 32.2. The molecule has 136 valence electrons. The van der Waals surface area contributed by atoms with Crippen molar-refractivity contribution in [3.05, 3.63) is 84.2 Å². The summed E-state index contributed by atoms with van der Waals surface area (Å²) in [5, 5.41) is 0. The molecule has 0 unspecified atom stereocenters. The van der Waals surface area contributed by atoms with E-state index >= 15 is 0 Å². The molecule has 0 aliphatic carbocycles. The van der Waals surface area contributed by atoms with Crippen molar-refractivity contribution in [1.82, 2.24) is 0 Å². The number of fused-ring (bicyclic) bond motifs is 2. The molecular weight excluding hydrogens is 361 g/mol. The summed E-state index contributed by atoms with van der Waals surface area (Å²) in [6.07, 6.45) is 0.272. The fourth-order valence-corrected chi connectivity index (χ4v) is 4.14. The van der Waals surface area contributed by atoms with Crippen LogP contribution in [-0.2, 0) is 16.1 Å². The molecule has 0 saturated carbocycles. The van der Waals surface area contributed by atoms with Gasteiger partial charge in [0, 0.05) is 16.3 Å². The topological polar surface area (TPSA) is 29.5 Å². The molecule has 0 radical (unpaired) electrons. The maximum Gasteiger partial charge on any atom is 0.307 e. The number of anilines is 2. The van der Waals surface area contributed by atoms with E-state index in [9.17, 15) is 9.18 Å². The lowest BCUT2D eigenvalue weighted by atomic mass is 10.2. The van der Waals surface area contributed by atoms with E-state index in [1.54, 1.807) is 23.9 Å². The van der Waals surface area contributed by atoms with Crippen molar-refractivity contribution in [2.75, 3.05) is 11.4 Å². The van der Waals surface area contributed by atoms with Gasteiger partial charge in [0.25, 0.3) is 0 Å². The molecule has 1 heterocycles. The number of para-hydroxylation sites is 2. The van der Waals surface area contributed by atoms with Crippen LogP contribution in [0.25, 0.3) is 0 Å². The Kier molecular flexibility index (Phi) is 5.12. The van der Waals surface area contributed by atoms with Gasteiger partial charge in [-0.1, -0.05) is 48.2 Å². The first kappa shape index (κ1) is 17.6. The Morgan fingerprint density at radius 3 is 2.11 bits per heavy atom.